The van der Waals surface area contributed by atoms with E-state index >= 15 is 0 Å². The maximum absolute atomic E-state index is 12.4. The van der Waals surface area contributed by atoms with Gasteiger partial charge in [-0.15, -0.1) is 0 Å². The van der Waals surface area contributed by atoms with Crippen LogP contribution in [-0.4, -0.2) is 46.9 Å². The van der Waals surface area contributed by atoms with Crippen molar-refractivity contribution in [2.45, 2.75) is 77.2 Å². The lowest BCUT2D eigenvalue weighted by Crippen LogP contribution is -2.44. The van der Waals surface area contributed by atoms with Crippen molar-refractivity contribution in [3.8, 4) is 0 Å². The van der Waals surface area contributed by atoms with Gasteiger partial charge in [-0.2, -0.15) is 0 Å². The lowest BCUT2D eigenvalue weighted by Gasteiger charge is -2.32. The van der Waals surface area contributed by atoms with Crippen molar-refractivity contribution in [2.24, 2.45) is 11.8 Å². The largest absolute Gasteiger partial charge is 0.480 e. The Morgan fingerprint density at radius 3 is 2.20 bits per heavy atom. The molecule has 6 heteroatoms. The van der Waals surface area contributed by atoms with Crippen LogP contribution in [0.1, 0.15) is 71.1 Å². The van der Waals surface area contributed by atoms with Crippen LogP contribution in [0.15, 0.2) is 0 Å². The first-order chi connectivity index (χ1) is 12.0. The summed E-state index contributed by atoms with van der Waals surface area (Å²) in [5.41, 5.74) is 0. The number of hydrogen-bond donors (Lipinski definition) is 2. The number of rotatable bonds is 7. The van der Waals surface area contributed by atoms with Gasteiger partial charge in [0.25, 0.3) is 0 Å². The molecule has 0 aliphatic heterocycles. The number of carbonyl (C=O) groups is 3. The summed E-state index contributed by atoms with van der Waals surface area (Å²) < 4.78 is 0. The summed E-state index contributed by atoms with van der Waals surface area (Å²) in [5.74, 6) is -0.440. The smallest absolute Gasteiger partial charge is 0.323 e. The molecule has 142 valence electrons. The van der Waals surface area contributed by atoms with Gasteiger partial charge in [-0.05, 0) is 51.4 Å². The minimum atomic E-state index is -0.973. The molecule has 2 saturated carbocycles. The molecule has 0 bridgehead atoms. The summed E-state index contributed by atoms with van der Waals surface area (Å²) in [6.07, 6.45) is 9.83. The first kappa shape index (κ1) is 19.7. The summed E-state index contributed by atoms with van der Waals surface area (Å²) in [4.78, 5) is 36.9. The van der Waals surface area contributed by atoms with E-state index in [-0.39, 0.29) is 30.3 Å². The zero-order valence-corrected chi connectivity index (χ0v) is 15.3. The number of carbonyl (C=O) groups excluding carboxylic acids is 2. The van der Waals surface area contributed by atoms with Crippen LogP contribution in [-0.2, 0) is 14.4 Å². The molecule has 0 radical (unpaired) electrons. The second-order valence-corrected chi connectivity index (χ2v) is 7.57. The van der Waals surface area contributed by atoms with E-state index < -0.39 is 5.97 Å². The van der Waals surface area contributed by atoms with Gasteiger partial charge in [0.05, 0.1) is 0 Å². The Bertz CT molecular complexity index is 466. The van der Waals surface area contributed by atoms with E-state index in [1.165, 1.54) is 37.0 Å². The Labute approximate surface area is 150 Å². The summed E-state index contributed by atoms with van der Waals surface area (Å²) in [6.45, 7) is 1.99. The van der Waals surface area contributed by atoms with Crippen LogP contribution in [0.3, 0.4) is 0 Å². The fraction of sp³-hybridized carbons (Fsp3) is 0.842. The van der Waals surface area contributed by atoms with Crippen LogP contribution >= 0.6 is 0 Å². The van der Waals surface area contributed by atoms with Crippen LogP contribution in [0, 0.1) is 11.8 Å². The Kier molecular flexibility index (Phi) is 7.72. The fourth-order valence-electron chi connectivity index (χ4n) is 4.19. The van der Waals surface area contributed by atoms with Gasteiger partial charge < -0.3 is 15.3 Å². The van der Waals surface area contributed by atoms with E-state index in [0.29, 0.717) is 18.9 Å². The van der Waals surface area contributed by atoms with E-state index in [1.54, 1.807) is 6.92 Å². The van der Waals surface area contributed by atoms with Gasteiger partial charge in [-0.1, -0.05) is 19.3 Å². The van der Waals surface area contributed by atoms with Crippen molar-refractivity contribution in [1.82, 2.24) is 10.2 Å². The van der Waals surface area contributed by atoms with Crippen molar-refractivity contribution < 1.29 is 19.5 Å². The lowest BCUT2D eigenvalue weighted by atomic mass is 9.84. The predicted octanol–water partition coefficient (Wildman–Crippen LogP) is 2.56. The zero-order valence-electron chi connectivity index (χ0n) is 15.3. The number of likely N-dealkylation sites (N-methyl/N-ethyl adjacent to an activating group) is 1. The highest BCUT2D eigenvalue weighted by Gasteiger charge is 2.30. The van der Waals surface area contributed by atoms with Crippen LogP contribution in [0.4, 0.5) is 0 Å². The van der Waals surface area contributed by atoms with Crippen molar-refractivity contribution in [1.29, 1.82) is 0 Å². The quantitative estimate of drug-likeness (QED) is 0.737. The number of nitrogens with one attached hydrogen (secondary N) is 1. The van der Waals surface area contributed by atoms with Gasteiger partial charge in [0.2, 0.25) is 11.8 Å². The summed E-state index contributed by atoms with van der Waals surface area (Å²) in [5, 5.41) is 12.0. The molecule has 2 fully saturated rings. The molecule has 0 spiro atoms. The van der Waals surface area contributed by atoms with E-state index in [4.69, 9.17) is 5.11 Å². The van der Waals surface area contributed by atoms with E-state index in [2.05, 4.69) is 5.32 Å². The monoisotopic (exact) mass is 352 g/mol. The van der Waals surface area contributed by atoms with Gasteiger partial charge in [0.1, 0.15) is 6.54 Å². The Balaban J connectivity index is 1.72. The SMILES string of the molecule is CCN(CC(=O)O)C(=O)C1CCC(NC(=O)CC2CCCCC2)CC1. The molecule has 2 amide bonds. The first-order valence-corrected chi connectivity index (χ1v) is 9.79. The van der Waals surface area contributed by atoms with Crippen LogP contribution in [0.5, 0.6) is 0 Å². The molecule has 0 aromatic rings. The average molecular weight is 352 g/mol. The van der Waals surface area contributed by atoms with Crippen LogP contribution < -0.4 is 5.32 Å². The maximum atomic E-state index is 12.4. The standard InChI is InChI=1S/C19H32N2O4/c1-2-21(13-18(23)24)19(25)15-8-10-16(11-9-15)20-17(22)12-14-6-4-3-5-7-14/h14-16H,2-13H2,1H3,(H,20,22)(H,23,24). The molecule has 0 aromatic heterocycles. The highest BCUT2D eigenvalue weighted by Crippen LogP contribution is 2.28. The Morgan fingerprint density at radius 2 is 1.64 bits per heavy atom. The molecule has 0 heterocycles. The number of hydrogen-bond acceptors (Lipinski definition) is 3. The molecule has 0 unspecified atom stereocenters. The molecule has 0 aromatic carbocycles. The minimum Gasteiger partial charge on any atom is -0.480 e. The molecule has 0 saturated heterocycles. The van der Waals surface area contributed by atoms with Crippen molar-refractivity contribution in [3.05, 3.63) is 0 Å². The van der Waals surface area contributed by atoms with E-state index in [1.807, 2.05) is 0 Å². The number of carboxylic acids is 1. The minimum absolute atomic E-state index is 0.0584. The summed E-state index contributed by atoms with van der Waals surface area (Å²) >= 11 is 0. The molecule has 2 aliphatic carbocycles. The van der Waals surface area contributed by atoms with Gasteiger partial charge >= 0.3 is 5.97 Å². The molecule has 2 N–H and O–H groups in total. The van der Waals surface area contributed by atoms with Crippen molar-refractivity contribution >= 4 is 17.8 Å². The van der Waals surface area contributed by atoms with Crippen LogP contribution in [0.2, 0.25) is 0 Å². The molecule has 25 heavy (non-hydrogen) atoms. The third-order valence-electron chi connectivity index (χ3n) is 5.66. The molecule has 6 nitrogen and oxygen atoms in total. The van der Waals surface area contributed by atoms with E-state index in [0.717, 1.165) is 25.7 Å². The van der Waals surface area contributed by atoms with Gasteiger partial charge in [0.15, 0.2) is 0 Å². The van der Waals surface area contributed by atoms with E-state index in [9.17, 15) is 14.4 Å². The first-order valence-electron chi connectivity index (χ1n) is 9.79. The summed E-state index contributed by atoms with van der Waals surface area (Å²) in [7, 11) is 0. The van der Waals surface area contributed by atoms with Gasteiger partial charge in [0, 0.05) is 24.9 Å². The topological polar surface area (TPSA) is 86.7 Å². The third-order valence-corrected chi connectivity index (χ3v) is 5.66. The highest BCUT2D eigenvalue weighted by atomic mass is 16.4. The fourth-order valence-corrected chi connectivity index (χ4v) is 4.19. The molecule has 2 aliphatic rings. The Hall–Kier alpha value is -1.59. The number of amides is 2. The van der Waals surface area contributed by atoms with Crippen molar-refractivity contribution in [2.75, 3.05) is 13.1 Å². The number of nitrogens with zero attached hydrogens (tertiary/aromatic N) is 1. The molecule has 0 atom stereocenters. The predicted molar refractivity (Wildman–Crippen MR) is 95.0 cm³/mol. The Morgan fingerprint density at radius 1 is 1.00 bits per heavy atom. The molecular formula is C19H32N2O4. The zero-order chi connectivity index (χ0) is 18.2. The van der Waals surface area contributed by atoms with Crippen molar-refractivity contribution in [3.63, 3.8) is 0 Å². The van der Waals surface area contributed by atoms with Crippen LogP contribution in [0.25, 0.3) is 0 Å². The summed E-state index contributed by atoms with van der Waals surface area (Å²) in [6, 6.07) is 0.162. The number of aliphatic carboxylic acids is 1. The lowest BCUT2D eigenvalue weighted by molar-refractivity contribution is -0.146. The molecule has 2 rings (SSSR count). The van der Waals surface area contributed by atoms with Gasteiger partial charge in [-0.3, -0.25) is 14.4 Å². The second kappa shape index (κ2) is 9.78. The maximum Gasteiger partial charge on any atom is 0.323 e. The highest BCUT2D eigenvalue weighted by molar-refractivity contribution is 5.83. The average Bonchev–Trinajstić information content (AvgIpc) is 2.60. The van der Waals surface area contributed by atoms with Gasteiger partial charge in [-0.25, -0.2) is 0 Å². The third kappa shape index (κ3) is 6.33. The number of carboxylic acid groups (broad SMARTS) is 1. The normalized spacial score (nSPS) is 24.5. The molecular weight excluding hydrogens is 320 g/mol. The second-order valence-electron chi connectivity index (χ2n) is 7.57.